The van der Waals surface area contributed by atoms with E-state index in [4.69, 9.17) is 10.3 Å². The van der Waals surface area contributed by atoms with Gasteiger partial charge in [0.25, 0.3) is 0 Å². The summed E-state index contributed by atoms with van der Waals surface area (Å²) in [6.45, 7) is 4.52. The minimum Gasteiger partial charge on any atom is -0.383 e. The molecule has 0 saturated heterocycles. The topological polar surface area (TPSA) is 95.6 Å². The van der Waals surface area contributed by atoms with Crippen LogP contribution in [0.5, 0.6) is 0 Å². The lowest BCUT2D eigenvalue weighted by atomic mass is 10.2. The summed E-state index contributed by atoms with van der Waals surface area (Å²) in [7, 11) is 0. The molecule has 0 radical (unpaired) electrons. The van der Waals surface area contributed by atoms with E-state index in [-0.39, 0.29) is 0 Å². The van der Waals surface area contributed by atoms with Crippen molar-refractivity contribution < 1.29 is 4.52 Å². The normalized spacial score (nSPS) is 11.2. The summed E-state index contributed by atoms with van der Waals surface area (Å²) in [5.41, 5.74) is 8.84. The van der Waals surface area contributed by atoms with Gasteiger partial charge in [0.2, 0.25) is 6.39 Å². The minimum atomic E-state index is 0.493. The fraction of sp³-hybridized carbons (Fsp3) is 0.273. The monoisotopic (exact) mass is 244 g/mol. The predicted molar refractivity (Wildman–Crippen MR) is 64.8 cm³/mol. The van der Waals surface area contributed by atoms with Crippen LogP contribution in [0.15, 0.2) is 17.2 Å². The SMILES string of the molecule is Cc1c(C)n(Cc2ncon2)c2ncnc(N)c12. The van der Waals surface area contributed by atoms with E-state index in [2.05, 4.69) is 20.1 Å². The van der Waals surface area contributed by atoms with Crippen molar-refractivity contribution in [2.24, 2.45) is 0 Å². The van der Waals surface area contributed by atoms with Crippen molar-refractivity contribution in [3.05, 3.63) is 29.8 Å². The number of aryl methyl sites for hydroxylation is 1. The number of fused-ring (bicyclic) bond motifs is 1. The summed E-state index contributed by atoms with van der Waals surface area (Å²) < 4.78 is 6.74. The molecule has 92 valence electrons. The summed E-state index contributed by atoms with van der Waals surface area (Å²) in [4.78, 5) is 12.3. The molecule has 0 aliphatic rings. The number of anilines is 1. The number of hydrogen-bond donors (Lipinski definition) is 1. The van der Waals surface area contributed by atoms with Gasteiger partial charge < -0.3 is 14.8 Å². The molecule has 0 atom stereocenters. The third-order valence-electron chi connectivity index (χ3n) is 3.14. The van der Waals surface area contributed by atoms with Crippen molar-refractivity contribution in [1.29, 1.82) is 0 Å². The second kappa shape index (κ2) is 3.80. The van der Waals surface area contributed by atoms with E-state index in [1.54, 1.807) is 0 Å². The largest absolute Gasteiger partial charge is 0.383 e. The van der Waals surface area contributed by atoms with Gasteiger partial charge in [-0.15, -0.1) is 0 Å². The minimum absolute atomic E-state index is 0.493. The third kappa shape index (κ3) is 1.44. The van der Waals surface area contributed by atoms with Crippen molar-refractivity contribution >= 4 is 16.9 Å². The Morgan fingerprint density at radius 2 is 2.11 bits per heavy atom. The molecule has 3 aromatic rings. The second-order valence-electron chi connectivity index (χ2n) is 4.10. The summed E-state index contributed by atoms with van der Waals surface area (Å²) in [5, 5.41) is 4.70. The Kier molecular flexibility index (Phi) is 2.26. The molecule has 3 rings (SSSR count). The maximum atomic E-state index is 5.90. The van der Waals surface area contributed by atoms with Gasteiger partial charge in [-0.25, -0.2) is 9.97 Å². The molecule has 0 spiro atoms. The van der Waals surface area contributed by atoms with Crippen molar-refractivity contribution in [2.45, 2.75) is 20.4 Å². The second-order valence-corrected chi connectivity index (χ2v) is 4.10. The first-order valence-corrected chi connectivity index (χ1v) is 5.49. The number of nitrogens with zero attached hydrogens (tertiary/aromatic N) is 5. The Morgan fingerprint density at radius 3 is 2.83 bits per heavy atom. The maximum Gasteiger partial charge on any atom is 0.213 e. The van der Waals surface area contributed by atoms with E-state index < -0.39 is 0 Å². The standard InChI is InChI=1S/C11H12N6O/c1-6-7(2)17(3-8-15-5-18-16-8)11-9(6)10(12)13-4-14-11/h4-5H,3H2,1-2H3,(H2,12,13,14). The molecule has 0 aromatic carbocycles. The van der Waals surface area contributed by atoms with E-state index in [1.165, 1.54) is 12.7 Å². The highest BCUT2D eigenvalue weighted by molar-refractivity contribution is 5.90. The molecule has 0 aliphatic heterocycles. The summed E-state index contributed by atoms with van der Waals surface area (Å²) in [6, 6.07) is 0. The molecule has 3 heterocycles. The average Bonchev–Trinajstić information content (AvgIpc) is 2.94. The highest BCUT2D eigenvalue weighted by atomic mass is 16.5. The molecular weight excluding hydrogens is 232 g/mol. The zero-order valence-corrected chi connectivity index (χ0v) is 10.1. The van der Waals surface area contributed by atoms with E-state index in [9.17, 15) is 0 Å². The van der Waals surface area contributed by atoms with Gasteiger partial charge in [0.1, 0.15) is 17.8 Å². The van der Waals surface area contributed by atoms with Crippen LogP contribution < -0.4 is 5.73 Å². The molecule has 0 amide bonds. The smallest absolute Gasteiger partial charge is 0.213 e. The van der Waals surface area contributed by atoms with Crippen LogP contribution in [0.2, 0.25) is 0 Å². The van der Waals surface area contributed by atoms with E-state index in [0.29, 0.717) is 18.2 Å². The molecule has 0 saturated carbocycles. The molecule has 0 unspecified atom stereocenters. The van der Waals surface area contributed by atoms with E-state index in [0.717, 1.165) is 22.3 Å². The molecule has 0 fully saturated rings. The molecule has 7 heteroatoms. The van der Waals surface area contributed by atoms with Crippen LogP contribution in [0.1, 0.15) is 17.1 Å². The lowest BCUT2D eigenvalue weighted by molar-refractivity contribution is 0.408. The fourth-order valence-electron chi connectivity index (χ4n) is 2.09. The molecule has 18 heavy (non-hydrogen) atoms. The van der Waals surface area contributed by atoms with Crippen LogP contribution in [-0.4, -0.2) is 24.7 Å². The molecule has 3 aromatic heterocycles. The van der Waals surface area contributed by atoms with Gasteiger partial charge in [-0.2, -0.15) is 4.98 Å². The van der Waals surface area contributed by atoms with Crippen molar-refractivity contribution in [2.75, 3.05) is 5.73 Å². The van der Waals surface area contributed by atoms with Gasteiger partial charge in [0.05, 0.1) is 11.9 Å². The molecule has 7 nitrogen and oxygen atoms in total. The van der Waals surface area contributed by atoms with Crippen molar-refractivity contribution in [3.8, 4) is 0 Å². The van der Waals surface area contributed by atoms with E-state index in [1.807, 2.05) is 18.4 Å². The summed E-state index contributed by atoms with van der Waals surface area (Å²) in [6.07, 6.45) is 2.77. The van der Waals surface area contributed by atoms with Crippen LogP contribution in [0.4, 0.5) is 5.82 Å². The van der Waals surface area contributed by atoms with Gasteiger partial charge in [0.15, 0.2) is 5.82 Å². The number of nitrogens with two attached hydrogens (primary N) is 1. The Bertz CT molecular complexity index is 700. The number of hydrogen-bond acceptors (Lipinski definition) is 6. The molecule has 0 aliphatic carbocycles. The van der Waals surface area contributed by atoms with Crippen LogP contribution in [0, 0.1) is 13.8 Å². The van der Waals surface area contributed by atoms with Crippen LogP contribution in [0.3, 0.4) is 0 Å². The maximum absolute atomic E-state index is 5.90. The molecular formula is C11H12N6O. The van der Waals surface area contributed by atoms with E-state index >= 15 is 0 Å². The quantitative estimate of drug-likeness (QED) is 0.724. The lowest BCUT2D eigenvalue weighted by Crippen LogP contribution is -2.04. The number of nitrogen functional groups attached to an aromatic ring is 1. The first-order valence-electron chi connectivity index (χ1n) is 5.49. The lowest BCUT2D eigenvalue weighted by Gasteiger charge is -2.03. The van der Waals surface area contributed by atoms with Gasteiger partial charge in [0, 0.05) is 5.69 Å². The van der Waals surface area contributed by atoms with Crippen LogP contribution >= 0.6 is 0 Å². The Labute approximate surface area is 103 Å². The Hall–Kier alpha value is -2.44. The first-order chi connectivity index (χ1) is 8.68. The first kappa shape index (κ1) is 10.7. The zero-order valence-electron chi connectivity index (χ0n) is 10.1. The van der Waals surface area contributed by atoms with Crippen LogP contribution in [0.25, 0.3) is 11.0 Å². The van der Waals surface area contributed by atoms with Gasteiger partial charge >= 0.3 is 0 Å². The highest BCUT2D eigenvalue weighted by Gasteiger charge is 2.16. The van der Waals surface area contributed by atoms with Crippen molar-refractivity contribution in [1.82, 2.24) is 24.7 Å². The third-order valence-corrected chi connectivity index (χ3v) is 3.14. The predicted octanol–water partition coefficient (Wildman–Crippen LogP) is 1.06. The molecule has 0 bridgehead atoms. The Balaban J connectivity index is 2.23. The Morgan fingerprint density at radius 1 is 1.28 bits per heavy atom. The highest BCUT2D eigenvalue weighted by Crippen LogP contribution is 2.27. The summed E-state index contributed by atoms with van der Waals surface area (Å²) >= 11 is 0. The number of aromatic nitrogens is 5. The average molecular weight is 244 g/mol. The van der Waals surface area contributed by atoms with Gasteiger partial charge in [-0.05, 0) is 19.4 Å². The van der Waals surface area contributed by atoms with Gasteiger partial charge in [-0.3, -0.25) is 0 Å². The summed E-state index contributed by atoms with van der Waals surface area (Å²) in [5.74, 6) is 1.10. The van der Waals surface area contributed by atoms with Crippen molar-refractivity contribution in [3.63, 3.8) is 0 Å². The number of rotatable bonds is 2. The van der Waals surface area contributed by atoms with Crippen LogP contribution in [-0.2, 0) is 6.54 Å². The zero-order chi connectivity index (χ0) is 12.7. The fourth-order valence-corrected chi connectivity index (χ4v) is 2.09. The molecule has 2 N–H and O–H groups in total. The van der Waals surface area contributed by atoms with Gasteiger partial charge in [-0.1, -0.05) is 5.16 Å².